The summed E-state index contributed by atoms with van der Waals surface area (Å²) in [5, 5.41) is 9.75. The number of sulfonamides is 1. The second kappa shape index (κ2) is 5.50. The van der Waals surface area contributed by atoms with Crippen LogP contribution in [0, 0.1) is 0 Å². The topological polar surface area (TPSA) is 57.6 Å². The third-order valence-electron chi connectivity index (χ3n) is 3.21. The molecule has 0 amide bonds. The molecule has 1 aliphatic heterocycles. The van der Waals surface area contributed by atoms with Gasteiger partial charge in [0, 0.05) is 18.3 Å². The summed E-state index contributed by atoms with van der Waals surface area (Å²) >= 11 is 1.80. The van der Waals surface area contributed by atoms with E-state index in [4.69, 9.17) is 0 Å². The van der Waals surface area contributed by atoms with E-state index in [0.29, 0.717) is 18.3 Å². The van der Waals surface area contributed by atoms with Gasteiger partial charge in [-0.05, 0) is 43.4 Å². The number of nitrogens with zero attached hydrogens (tertiary/aromatic N) is 1. The largest absolute Gasteiger partial charge is 0.508 e. The Labute approximate surface area is 112 Å². The van der Waals surface area contributed by atoms with Crippen molar-refractivity contribution < 1.29 is 13.5 Å². The molecule has 1 saturated heterocycles. The quantitative estimate of drug-likeness (QED) is 0.922. The van der Waals surface area contributed by atoms with Crippen LogP contribution in [0.3, 0.4) is 0 Å². The molecular weight excluding hydrogens is 270 g/mol. The number of phenolic OH excluding ortho intramolecular Hbond substituents is 1. The highest BCUT2D eigenvalue weighted by molar-refractivity contribution is 7.99. The Balaban J connectivity index is 2.15. The number of benzene rings is 1. The van der Waals surface area contributed by atoms with E-state index in [1.807, 2.05) is 0 Å². The summed E-state index contributed by atoms with van der Waals surface area (Å²) in [6, 6.07) is 5.71. The highest BCUT2D eigenvalue weighted by Crippen LogP contribution is 2.26. The van der Waals surface area contributed by atoms with E-state index in [1.165, 1.54) is 28.6 Å². The fourth-order valence-electron chi connectivity index (χ4n) is 2.08. The molecule has 1 heterocycles. The van der Waals surface area contributed by atoms with Gasteiger partial charge < -0.3 is 5.11 Å². The predicted octanol–water partition coefficient (Wildman–Crippen LogP) is 1.91. The zero-order valence-corrected chi connectivity index (χ0v) is 11.9. The van der Waals surface area contributed by atoms with Crippen molar-refractivity contribution in [1.29, 1.82) is 0 Å². The van der Waals surface area contributed by atoms with Gasteiger partial charge in [0.25, 0.3) is 0 Å². The van der Waals surface area contributed by atoms with E-state index in [9.17, 15) is 13.5 Å². The van der Waals surface area contributed by atoms with E-state index in [2.05, 4.69) is 6.26 Å². The van der Waals surface area contributed by atoms with Crippen molar-refractivity contribution in [3.05, 3.63) is 24.3 Å². The molecule has 0 bridgehead atoms. The molecule has 1 aromatic rings. The first-order valence-electron chi connectivity index (χ1n) is 5.86. The number of phenols is 1. The van der Waals surface area contributed by atoms with E-state index < -0.39 is 10.0 Å². The van der Waals surface area contributed by atoms with Crippen LogP contribution in [0.25, 0.3) is 0 Å². The van der Waals surface area contributed by atoms with E-state index in [-0.39, 0.29) is 10.6 Å². The SMILES string of the molecule is CSC1CCN(S(=O)(=O)c2ccc(O)cc2)CC1. The van der Waals surface area contributed by atoms with Crippen LogP contribution in [-0.4, -0.2) is 42.4 Å². The lowest BCUT2D eigenvalue weighted by Crippen LogP contribution is -2.39. The van der Waals surface area contributed by atoms with Crippen molar-refractivity contribution in [3.8, 4) is 5.75 Å². The number of rotatable bonds is 3. The minimum absolute atomic E-state index is 0.0787. The summed E-state index contributed by atoms with van der Waals surface area (Å²) < 4.78 is 26.2. The van der Waals surface area contributed by atoms with Crippen LogP contribution in [-0.2, 0) is 10.0 Å². The van der Waals surface area contributed by atoms with Gasteiger partial charge in [-0.2, -0.15) is 16.1 Å². The molecule has 0 unspecified atom stereocenters. The molecule has 100 valence electrons. The molecule has 6 heteroatoms. The molecule has 0 aliphatic carbocycles. The summed E-state index contributed by atoms with van der Waals surface area (Å²) in [4.78, 5) is 0.253. The van der Waals surface area contributed by atoms with Crippen LogP contribution < -0.4 is 0 Å². The fraction of sp³-hybridized carbons (Fsp3) is 0.500. The van der Waals surface area contributed by atoms with Crippen LogP contribution in [0.4, 0.5) is 0 Å². The molecule has 4 nitrogen and oxygen atoms in total. The molecule has 1 fully saturated rings. The van der Waals surface area contributed by atoms with Crippen molar-refractivity contribution in [3.63, 3.8) is 0 Å². The van der Waals surface area contributed by atoms with E-state index in [0.717, 1.165) is 12.8 Å². The van der Waals surface area contributed by atoms with Crippen molar-refractivity contribution >= 4 is 21.8 Å². The molecular formula is C12H17NO3S2. The Bertz CT molecular complexity index is 491. The Morgan fingerprint density at radius 3 is 2.28 bits per heavy atom. The highest BCUT2D eigenvalue weighted by Gasteiger charge is 2.28. The Hall–Kier alpha value is -0.720. The molecule has 18 heavy (non-hydrogen) atoms. The molecule has 0 atom stereocenters. The second-order valence-corrected chi connectivity index (χ2v) is 7.41. The van der Waals surface area contributed by atoms with Crippen molar-refractivity contribution in [1.82, 2.24) is 4.31 Å². The van der Waals surface area contributed by atoms with Crippen molar-refractivity contribution in [2.24, 2.45) is 0 Å². The smallest absolute Gasteiger partial charge is 0.243 e. The third-order valence-corrected chi connectivity index (χ3v) is 6.26. The molecule has 0 spiro atoms. The number of thioether (sulfide) groups is 1. The number of hydrogen-bond donors (Lipinski definition) is 1. The average molecular weight is 287 g/mol. The zero-order chi connectivity index (χ0) is 13.2. The molecule has 0 radical (unpaired) electrons. The van der Waals surface area contributed by atoms with Gasteiger partial charge in [0.2, 0.25) is 10.0 Å². The summed E-state index contributed by atoms with van der Waals surface area (Å²) in [7, 11) is -3.40. The van der Waals surface area contributed by atoms with Gasteiger partial charge in [0.15, 0.2) is 0 Å². The normalized spacial score (nSPS) is 18.9. The molecule has 1 aromatic carbocycles. The number of hydrogen-bond acceptors (Lipinski definition) is 4. The molecule has 0 saturated carbocycles. The van der Waals surface area contributed by atoms with Crippen LogP contribution in [0.1, 0.15) is 12.8 Å². The zero-order valence-electron chi connectivity index (χ0n) is 10.2. The van der Waals surface area contributed by atoms with E-state index >= 15 is 0 Å². The first-order chi connectivity index (χ1) is 8.54. The lowest BCUT2D eigenvalue weighted by atomic mass is 10.2. The van der Waals surface area contributed by atoms with Crippen molar-refractivity contribution in [2.45, 2.75) is 23.0 Å². The maximum Gasteiger partial charge on any atom is 0.243 e. The van der Waals surface area contributed by atoms with Gasteiger partial charge in [-0.15, -0.1) is 0 Å². The highest BCUT2D eigenvalue weighted by atomic mass is 32.2. The summed E-state index contributed by atoms with van der Waals surface area (Å²) in [6.45, 7) is 1.16. The van der Waals surface area contributed by atoms with Gasteiger partial charge in [-0.3, -0.25) is 0 Å². The molecule has 2 rings (SSSR count). The molecule has 1 N–H and O–H groups in total. The maximum absolute atomic E-state index is 12.3. The Morgan fingerprint density at radius 2 is 1.78 bits per heavy atom. The molecule has 1 aliphatic rings. The van der Waals surface area contributed by atoms with Crippen LogP contribution in [0.5, 0.6) is 5.75 Å². The van der Waals surface area contributed by atoms with Gasteiger partial charge in [-0.1, -0.05) is 0 Å². The number of aromatic hydroxyl groups is 1. The van der Waals surface area contributed by atoms with Gasteiger partial charge in [0.05, 0.1) is 4.90 Å². The first-order valence-corrected chi connectivity index (χ1v) is 8.59. The Kier molecular flexibility index (Phi) is 4.19. The maximum atomic E-state index is 12.3. The van der Waals surface area contributed by atoms with Crippen LogP contribution in [0.2, 0.25) is 0 Å². The summed E-state index contributed by atoms with van der Waals surface area (Å²) in [5.41, 5.74) is 0. The van der Waals surface area contributed by atoms with E-state index in [1.54, 1.807) is 11.8 Å². The monoisotopic (exact) mass is 287 g/mol. The average Bonchev–Trinajstić information content (AvgIpc) is 2.39. The summed E-state index contributed by atoms with van der Waals surface area (Å²) in [5.74, 6) is 0.0787. The van der Waals surface area contributed by atoms with Crippen LogP contribution in [0.15, 0.2) is 29.2 Å². The van der Waals surface area contributed by atoms with Crippen LogP contribution >= 0.6 is 11.8 Å². The standard InChI is InChI=1S/C12H17NO3S2/c1-17-11-6-8-13(9-7-11)18(15,16)12-4-2-10(14)3-5-12/h2-5,11,14H,6-9H2,1H3. The van der Waals surface area contributed by atoms with Gasteiger partial charge >= 0.3 is 0 Å². The number of piperidine rings is 1. The van der Waals surface area contributed by atoms with Crippen molar-refractivity contribution in [2.75, 3.05) is 19.3 Å². The molecule has 0 aromatic heterocycles. The minimum Gasteiger partial charge on any atom is -0.508 e. The Morgan fingerprint density at radius 1 is 1.22 bits per heavy atom. The van der Waals surface area contributed by atoms with Gasteiger partial charge in [0.1, 0.15) is 5.75 Å². The predicted molar refractivity (Wildman–Crippen MR) is 73.4 cm³/mol. The third kappa shape index (κ3) is 2.81. The minimum atomic E-state index is -3.40. The van der Waals surface area contributed by atoms with Gasteiger partial charge in [-0.25, -0.2) is 8.42 Å². The summed E-state index contributed by atoms with van der Waals surface area (Å²) in [6.07, 6.45) is 3.87. The fourth-order valence-corrected chi connectivity index (χ4v) is 4.23. The lowest BCUT2D eigenvalue weighted by molar-refractivity contribution is 0.352. The lowest BCUT2D eigenvalue weighted by Gasteiger charge is -2.30. The second-order valence-electron chi connectivity index (χ2n) is 4.33. The first kappa shape index (κ1) is 13.7.